The van der Waals surface area contributed by atoms with E-state index in [1.807, 2.05) is 13.1 Å². The zero-order valence-corrected chi connectivity index (χ0v) is 16.7. The molecule has 0 saturated carbocycles. The van der Waals surface area contributed by atoms with Crippen molar-refractivity contribution in [2.45, 2.75) is 26.8 Å². The minimum atomic E-state index is 0. The van der Waals surface area contributed by atoms with E-state index in [0.29, 0.717) is 19.8 Å². The monoisotopic (exact) mass is 442 g/mol. The summed E-state index contributed by atoms with van der Waals surface area (Å²) in [6, 6.07) is 0. The Morgan fingerprint density at radius 2 is 2.14 bits per heavy atom. The quantitative estimate of drug-likeness (QED) is 0.252. The minimum Gasteiger partial charge on any atom is -0.382 e. The molecule has 0 aliphatic rings. The van der Waals surface area contributed by atoms with E-state index in [1.54, 1.807) is 18.4 Å². The molecule has 128 valence electrons. The number of halogens is 1. The van der Waals surface area contributed by atoms with Crippen LogP contribution in [0.25, 0.3) is 0 Å². The van der Waals surface area contributed by atoms with Gasteiger partial charge >= 0.3 is 0 Å². The van der Waals surface area contributed by atoms with Gasteiger partial charge in [-0.15, -0.1) is 35.3 Å². The fourth-order valence-electron chi connectivity index (χ4n) is 1.60. The number of hydrogen-bond acceptors (Lipinski definition) is 5. The molecule has 0 aliphatic heterocycles. The summed E-state index contributed by atoms with van der Waals surface area (Å²) in [4.78, 5) is 9.96. The molecule has 0 aromatic carbocycles. The van der Waals surface area contributed by atoms with E-state index in [2.05, 4.69) is 27.5 Å². The van der Waals surface area contributed by atoms with Gasteiger partial charge < -0.3 is 20.1 Å². The van der Waals surface area contributed by atoms with Crippen LogP contribution in [0.15, 0.2) is 11.2 Å². The van der Waals surface area contributed by atoms with Gasteiger partial charge in [-0.05, 0) is 20.3 Å². The summed E-state index contributed by atoms with van der Waals surface area (Å²) in [6.45, 7) is 8.42. The molecule has 1 heterocycles. The smallest absolute Gasteiger partial charge is 0.191 e. The number of guanidine groups is 1. The van der Waals surface area contributed by atoms with E-state index < -0.39 is 0 Å². The third-order valence-corrected chi connectivity index (χ3v) is 3.49. The van der Waals surface area contributed by atoms with Gasteiger partial charge in [0, 0.05) is 37.9 Å². The summed E-state index contributed by atoms with van der Waals surface area (Å²) in [6.07, 6.45) is 2.82. The van der Waals surface area contributed by atoms with Crippen LogP contribution in [0.1, 0.15) is 23.2 Å². The number of thiazole rings is 1. The van der Waals surface area contributed by atoms with E-state index in [9.17, 15) is 0 Å². The average Bonchev–Trinajstić information content (AvgIpc) is 2.89. The molecule has 0 atom stereocenters. The van der Waals surface area contributed by atoms with Gasteiger partial charge in [0.25, 0.3) is 0 Å². The van der Waals surface area contributed by atoms with Gasteiger partial charge in [-0.1, -0.05) is 0 Å². The first-order valence-corrected chi connectivity index (χ1v) is 8.08. The number of hydrogen-bond donors (Lipinski definition) is 2. The summed E-state index contributed by atoms with van der Waals surface area (Å²) in [7, 11) is 1.68. The number of ether oxygens (including phenoxy) is 2. The lowest BCUT2D eigenvalue weighted by molar-refractivity contribution is 0.0698. The first-order valence-electron chi connectivity index (χ1n) is 7.26. The molecule has 0 bridgehead atoms. The molecule has 1 aromatic rings. The highest BCUT2D eigenvalue weighted by molar-refractivity contribution is 14.0. The molecular formula is C14H27IN4O2S. The van der Waals surface area contributed by atoms with Crippen molar-refractivity contribution < 1.29 is 9.47 Å². The molecule has 22 heavy (non-hydrogen) atoms. The molecule has 1 aromatic heterocycles. The van der Waals surface area contributed by atoms with Crippen LogP contribution in [-0.4, -0.2) is 51.0 Å². The first kappa shape index (κ1) is 21.6. The Hall–Kier alpha value is -0.450. The summed E-state index contributed by atoms with van der Waals surface area (Å²) < 4.78 is 10.3. The van der Waals surface area contributed by atoms with Crippen LogP contribution >= 0.6 is 35.3 Å². The maximum absolute atomic E-state index is 5.42. The Morgan fingerprint density at radius 1 is 1.32 bits per heavy atom. The van der Waals surface area contributed by atoms with Crippen molar-refractivity contribution in [3.8, 4) is 0 Å². The highest BCUT2D eigenvalue weighted by Gasteiger charge is 2.00. The van der Waals surface area contributed by atoms with E-state index >= 15 is 0 Å². The van der Waals surface area contributed by atoms with Crippen LogP contribution < -0.4 is 10.6 Å². The lowest BCUT2D eigenvalue weighted by Gasteiger charge is -2.11. The van der Waals surface area contributed by atoms with Crippen LogP contribution in [0.2, 0.25) is 0 Å². The van der Waals surface area contributed by atoms with Crippen molar-refractivity contribution in [2.24, 2.45) is 4.99 Å². The number of nitrogens with zero attached hydrogens (tertiary/aromatic N) is 2. The lowest BCUT2D eigenvalue weighted by Crippen LogP contribution is -2.38. The molecule has 0 aliphatic carbocycles. The Morgan fingerprint density at radius 3 is 2.77 bits per heavy atom. The number of rotatable bonds is 10. The van der Waals surface area contributed by atoms with E-state index in [4.69, 9.17) is 9.47 Å². The van der Waals surface area contributed by atoms with Gasteiger partial charge in [0.1, 0.15) is 0 Å². The number of nitrogens with one attached hydrogen (secondary N) is 2. The zero-order valence-electron chi connectivity index (χ0n) is 13.6. The van der Waals surface area contributed by atoms with Crippen LogP contribution in [0.3, 0.4) is 0 Å². The third-order valence-electron chi connectivity index (χ3n) is 2.60. The maximum atomic E-state index is 5.42. The zero-order chi connectivity index (χ0) is 15.3. The summed E-state index contributed by atoms with van der Waals surface area (Å²) >= 11 is 1.68. The van der Waals surface area contributed by atoms with Crippen LogP contribution in [0.4, 0.5) is 0 Å². The second kappa shape index (κ2) is 14.2. The molecule has 1 rings (SSSR count). The fourth-order valence-corrected chi connectivity index (χ4v) is 2.32. The standard InChI is InChI=1S/C14H26N4O2S.HI/c1-4-15-14(16-6-5-7-20-9-8-19-3)18-11-13-10-17-12(2)21-13;/h10H,4-9,11H2,1-3H3,(H2,15,16,18);1H. The van der Waals surface area contributed by atoms with Gasteiger partial charge in [-0.25, -0.2) is 9.98 Å². The van der Waals surface area contributed by atoms with E-state index in [0.717, 1.165) is 37.1 Å². The number of aliphatic imine (C=N–C) groups is 1. The molecule has 8 heteroatoms. The fraction of sp³-hybridized carbons (Fsp3) is 0.714. The van der Waals surface area contributed by atoms with Gasteiger partial charge in [0.05, 0.1) is 24.8 Å². The minimum absolute atomic E-state index is 0. The summed E-state index contributed by atoms with van der Waals surface area (Å²) in [5.74, 6) is 0.834. The van der Waals surface area contributed by atoms with Crippen molar-refractivity contribution in [2.75, 3.05) is 40.0 Å². The molecule has 0 fully saturated rings. The highest BCUT2D eigenvalue weighted by Crippen LogP contribution is 2.12. The number of aromatic nitrogens is 1. The van der Waals surface area contributed by atoms with Crippen molar-refractivity contribution in [3.05, 3.63) is 16.1 Å². The summed E-state index contributed by atoms with van der Waals surface area (Å²) in [5, 5.41) is 7.61. The molecule has 0 radical (unpaired) electrons. The number of aryl methyl sites for hydroxylation is 1. The van der Waals surface area contributed by atoms with Crippen molar-refractivity contribution in [3.63, 3.8) is 0 Å². The van der Waals surface area contributed by atoms with Gasteiger partial charge in [0.2, 0.25) is 0 Å². The first-order chi connectivity index (χ1) is 10.3. The third kappa shape index (κ3) is 10.3. The second-order valence-electron chi connectivity index (χ2n) is 4.43. The van der Waals surface area contributed by atoms with Gasteiger partial charge in [0.15, 0.2) is 5.96 Å². The highest BCUT2D eigenvalue weighted by atomic mass is 127. The van der Waals surface area contributed by atoms with Crippen LogP contribution in [0.5, 0.6) is 0 Å². The van der Waals surface area contributed by atoms with E-state index in [-0.39, 0.29) is 24.0 Å². The predicted octanol–water partition coefficient (Wildman–Crippen LogP) is 2.18. The molecule has 0 unspecified atom stereocenters. The second-order valence-corrected chi connectivity index (χ2v) is 5.75. The van der Waals surface area contributed by atoms with Crippen molar-refractivity contribution in [1.82, 2.24) is 15.6 Å². The predicted molar refractivity (Wildman–Crippen MR) is 102 cm³/mol. The Balaban J connectivity index is 0.00000441. The molecular weight excluding hydrogens is 415 g/mol. The Kier molecular flexibility index (Phi) is 13.9. The molecule has 6 nitrogen and oxygen atoms in total. The molecule has 0 amide bonds. The maximum Gasteiger partial charge on any atom is 0.191 e. The van der Waals surface area contributed by atoms with Crippen LogP contribution in [-0.2, 0) is 16.0 Å². The van der Waals surface area contributed by atoms with Crippen LogP contribution in [0, 0.1) is 6.92 Å². The molecule has 0 spiro atoms. The Labute approximate surface area is 154 Å². The van der Waals surface area contributed by atoms with E-state index in [1.165, 1.54) is 4.88 Å². The molecule has 2 N–H and O–H groups in total. The van der Waals surface area contributed by atoms with Crippen molar-refractivity contribution >= 4 is 41.3 Å². The average molecular weight is 442 g/mol. The van der Waals surface area contributed by atoms with Gasteiger partial charge in [-0.3, -0.25) is 0 Å². The SMILES string of the molecule is CCNC(=NCc1cnc(C)s1)NCCCOCCOC.I. The lowest BCUT2D eigenvalue weighted by atomic mass is 10.4. The molecule has 0 saturated heterocycles. The summed E-state index contributed by atoms with van der Waals surface area (Å²) in [5.41, 5.74) is 0. The van der Waals surface area contributed by atoms with Crippen molar-refractivity contribution in [1.29, 1.82) is 0 Å². The normalized spacial score (nSPS) is 11.1. The van der Waals surface area contributed by atoms with Gasteiger partial charge in [-0.2, -0.15) is 0 Å². The topological polar surface area (TPSA) is 67.8 Å². The largest absolute Gasteiger partial charge is 0.382 e. The Bertz CT molecular complexity index is 415. The number of methoxy groups -OCH3 is 1.